The van der Waals surface area contributed by atoms with Crippen molar-refractivity contribution in [1.29, 1.82) is 5.26 Å². The molecule has 214 valence electrons. The van der Waals surface area contributed by atoms with Gasteiger partial charge in [0.2, 0.25) is 0 Å². The third kappa shape index (κ3) is 8.06. The first-order chi connectivity index (χ1) is 20.4. The van der Waals surface area contributed by atoms with E-state index in [1.807, 2.05) is 61.5 Å². The summed E-state index contributed by atoms with van der Waals surface area (Å²) < 4.78 is 24.1. The Hall–Kier alpha value is -4.45. The molecule has 0 atom stereocenters. The first-order valence-electron chi connectivity index (χ1n) is 13.0. The second-order valence-electron chi connectivity index (χ2n) is 8.91. The van der Waals surface area contributed by atoms with Crippen LogP contribution in [0.4, 0.5) is 5.69 Å². The summed E-state index contributed by atoms with van der Waals surface area (Å²) in [7, 11) is 1.59. The van der Waals surface area contributed by atoms with Gasteiger partial charge in [-0.1, -0.05) is 60.1 Å². The van der Waals surface area contributed by atoms with E-state index >= 15 is 0 Å². The smallest absolute Gasteiger partial charge is 0.266 e. The molecular weight excluding hydrogens is 620 g/mol. The van der Waals surface area contributed by atoms with E-state index in [1.165, 1.54) is 6.08 Å². The van der Waals surface area contributed by atoms with Crippen molar-refractivity contribution in [3.8, 4) is 29.1 Å². The molecule has 7 nitrogen and oxygen atoms in total. The molecule has 0 aliphatic carbocycles. The van der Waals surface area contributed by atoms with Crippen LogP contribution >= 0.6 is 27.5 Å². The maximum Gasteiger partial charge on any atom is 0.266 e. The number of carbonyl (C=O) groups excluding carboxylic acids is 1. The van der Waals surface area contributed by atoms with Gasteiger partial charge in [-0.25, -0.2) is 0 Å². The molecule has 0 saturated carbocycles. The second-order valence-corrected chi connectivity index (χ2v) is 10.2. The molecule has 0 saturated heterocycles. The van der Waals surface area contributed by atoms with E-state index in [0.717, 1.165) is 11.1 Å². The minimum Gasteiger partial charge on any atom is -0.493 e. The van der Waals surface area contributed by atoms with Gasteiger partial charge in [-0.05, 0) is 82.0 Å². The molecule has 42 heavy (non-hydrogen) atoms. The molecule has 4 aromatic rings. The van der Waals surface area contributed by atoms with Crippen LogP contribution in [-0.4, -0.2) is 19.6 Å². The van der Waals surface area contributed by atoms with Crippen LogP contribution in [0.2, 0.25) is 5.02 Å². The Balaban J connectivity index is 1.50. The fraction of sp³-hybridized carbons (Fsp3) is 0.152. The van der Waals surface area contributed by atoms with E-state index in [4.69, 9.17) is 30.5 Å². The number of anilines is 1. The number of nitrogens with one attached hydrogen (secondary N) is 1. The van der Waals surface area contributed by atoms with Gasteiger partial charge in [0.1, 0.15) is 24.9 Å². The van der Waals surface area contributed by atoms with E-state index in [9.17, 15) is 10.1 Å². The zero-order valence-corrected chi connectivity index (χ0v) is 25.4. The molecule has 0 aliphatic rings. The Labute approximate surface area is 258 Å². The van der Waals surface area contributed by atoms with Crippen molar-refractivity contribution in [2.45, 2.75) is 20.1 Å². The summed E-state index contributed by atoms with van der Waals surface area (Å²) in [6.45, 7) is 2.90. The number of ether oxygens (including phenoxy) is 4. The summed E-state index contributed by atoms with van der Waals surface area (Å²) in [5, 5.41) is 12.7. The summed E-state index contributed by atoms with van der Waals surface area (Å²) in [5.41, 5.74) is 2.81. The highest BCUT2D eigenvalue weighted by atomic mass is 79.9. The van der Waals surface area contributed by atoms with Crippen LogP contribution in [0.3, 0.4) is 0 Å². The summed E-state index contributed by atoms with van der Waals surface area (Å²) in [4.78, 5) is 12.8. The van der Waals surface area contributed by atoms with E-state index in [1.54, 1.807) is 43.5 Å². The number of nitrogens with zero attached hydrogens (tertiary/aromatic N) is 1. The predicted molar refractivity (Wildman–Crippen MR) is 167 cm³/mol. The van der Waals surface area contributed by atoms with Gasteiger partial charge in [-0.15, -0.1) is 0 Å². The summed E-state index contributed by atoms with van der Waals surface area (Å²) >= 11 is 9.70. The lowest BCUT2D eigenvalue weighted by Crippen LogP contribution is -2.13. The standard InChI is InChI=1S/C33H28BrClN2O5/c1-3-40-31-18-24(15-25(19-36)33(38)37-28-12-8-7-11-27(28)35)16-26(34)32(31)42-21-23-13-14-29(30(17-23)39-2)41-20-22-9-5-4-6-10-22/h4-18H,3,20-21H2,1-2H3,(H,37,38)/b25-15+. The number of amides is 1. The van der Waals surface area contributed by atoms with Crippen molar-refractivity contribution < 1.29 is 23.7 Å². The lowest BCUT2D eigenvalue weighted by molar-refractivity contribution is -0.112. The Kier molecular flexibility index (Phi) is 10.9. The molecule has 0 bridgehead atoms. The molecular formula is C33H28BrClN2O5. The maximum absolute atomic E-state index is 12.8. The van der Waals surface area contributed by atoms with Crippen LogP contribution in [-0.2, 0) is 18.0 Å². The van der Waals surface area contributed by atoms with Crippen LogP contribution in [0.15, 0.2) is 95.0 Å². The van der Waals surface area contributed by atoms with Gasteiger partial charge in [0.05, 0.1) is 28.9 Å². The monoisotopic (exact) mass is 646 g/mol. The minimum absolute atomic E-state index is 0.0976. The summed E-state index contributed by atoms with van der Waals surface area (Å²) in [5.74, 6) is 1.58. The first-order valence-corrected chi connectivity index (χ1v) is 14.2. The Morgan fingerprint density at radius 2 is 1.64 bits per heavy atom. The van der Waals surface area contributed by atoms with Gasteiger partial charge in [-0.3, -0.25) is 4.79 Å². The maximum atomic E-state index is 12.8. The van der Waals surface area contributed by atoms with Gasteiger partial charge in [-0.2, -0.15) is 5.26 Å². The number of benzene rings is 4. The average Bonchev–Trinajstić information content (AvgIpc) is 3.00. The molecule has 0 heterocycles. The summed E-state index contributed by atoms with van der Waals surface area (Å²) in [6, 6.07) is 27.7. The van der Waals surface area contributed by atoms with Crippen LogP contribution in [0, 0.1) is 11.3 Å². The number of hydrogen-bond donors (Lipinski definition) is 1. The Morgan fingerprint density at radius 1 is 0.905 bits per heavy atom. The van der Waals surface area contributed by atoms with Crippen LogP contribution in [0.1, 0.15) is 23.6 Å². The molecule has 1 N–H and O–H groups in total. The minimum atomic E-state index is -0.579. The van der Waals surface area contributed by atoms with Crippen molar-refractivity contribution in [2.75, 3.05) is 19.0 Å². The third-order valence-corrected chi connectivity index (χ3v) is 6.90. The number of halogens is 2. The number of rotatable bonds is 12. The molecule has 0 spiro atoms. The van der Waals surface area contributed by atoms with Crippen LogP contribution in [0.25, 0.3) is 6.08 Å². The van der Waals surface area contributed by atoms with Gasteiger partial charge in [0, 0.05) is 0 Å². The van der Waals surface area contributed by atoms with Crippen molar-refractivity contribution in [1.82, 2.24) is 0 Å². The first kappa shape index (κ1) is 30.5. The largest absolute Gasteiger partial charge is 0.493 e. The lowest BCUT2D eigenvalue weighted by Gasteiger charge is -2.16. The zero-order valence-electron chi connectivity index (χ0n) is 23.0. The lowest BCUT2D eigenvalue weighted by atomic mass is 10.1. The number of hydrogen-bond acceptors (Lipinski definition) is 6. The van der Waals surface area contributed by atoms with Crippen LogP contribution < -0.4 is 24.3 Å². The molecule has 0 radical (unpaired) electrons. The molecule has 4 aromatic carbocycles. The van der Waals surface area contributed by atoms with Crippen molar-refractivity contribution in [3.63, 3.8) is 0 Å². The van der Waals surface area contributed by atoms with Gasteiger partial charge in [0.15, 0.2) is 23.0 Å². The van der Waals surface area contributed by atoms with Crippen molar-refractivity contribution in [2.24, 2.45) is 0 Å². The Bertz CT molecular complexity index is 1620. The van der Waals surface area contributed by atoms with Crippen LogP contribution in [0.5, 0.6) is 23.0 Å². The molecule has 0 unspecified atom stereocenters. The van der Waals surface area contributed by atoms with Gasteiger partial charge in [0.25, 0.3) is 5.91 Å². The molecule has 0 aromatic heterocycles. The topological polar surface area (TPSA) is 89.8 Å². The Morgan fingerprint density at radius 3 is 2.36 bits per heavy atom. The van der Waals surface area contributed by atoms with Crippen molar-refractivity contribution in [3.05, 3.63) is 117 Å². The van der Waals surface area contributed by atoms with E-state index in [2.05, 4.69) is 21.2 Å². The van der Waals surface area contributed by atoms with Gasteiger partial charge >= 0.3 is 0 Å². The molecule has 4 rings (SSSR count). The summed E-state index contributed by atoms with van der Waals surface area (Å²) in [6.07, 6.45) is 1.47. The highest BCUT2D eigenvalue weighted by molar-refractivity contribution is 9.10. The SMILES string of the molecule is CCOc1cc(/C=C(\C#N)C(=O)Nc2ccccc2Cl)cc(Br)c1OCc1ccc(OCc2ccccc2)c(OC)c1. The molecule has 0 aliphatic heterocycles. The van der Waals surface area contributed by atoms with Crippen molar-refractivity contribution >= 4 is 45.2 Å². The molecule has 1 amide bonds. The molecule has 9 heteroatoms. The average molecular weight is 648 g/mol. The van der Waals surface area contributed by atoms with E-state index in [-0.39, 0.29) is 12.2 Å². The fourth-order valence-corrected chi connectivity index (χ4v) is 4.71. The number of para-hydroxylation sites is 1. The number of methoxy groups -OCH3 is 1. The predicted octanol–water partition coefficient (Wildman–Crippen LogP) is 8.21. The number of carbonyl (C=O) groups is 1. The molecule has 0 fully saturated rings. The fourth-order valence-electron chi connectivity index (χ4n) is 3.95. The zero-order chi connectivity index (χ0) is 29.9. The quantitative estimate of drug-likeness (QED) is 0.123. The second kappa shape index (κ2) is 15.0. The van der Waals surface area contributed by atoms with E-state index < -0.39 is 5.91 Å². The van der Waals surface area contributed by atoms with Gasteiger partial charge < -0.3 is 24.3 Å². The normalized spacial score (nSPS) is 10.9. The highest BCUT2D eigenvalue weighted by Gasteiger charge is 2.16. The third-order valence-electron chi connectivity index (χ3n) is 5.98. The van der Waals surface area contributed by atoms with E-state index in [0.29, 0.717) is 57.0 Å². The number of nitriles is 1. The highest BCUT2D eigenvalue weighted by Crippen LogP contribution is 2.39.